The Morgan fingerprint density at radius 2 is 2.20 bits per heavy atom. The second-order valence-electron chi connectivity index (χ2n) is 5.42. The molecule has 1 aromatic rings. The Bertz CT molecular complexity index is 439. The molecule has 7 heteroatoms. The Morgan fingerprint density at radius 1 is 1.45 bits per heavy atom. The van der Waals surface area contributed by atoms with Gasteiger partial charge in [-0.1, -0.05) is 13.8 Å². The minimum absolute atomic E-state index is 0.179. The van der Waals surface area contributed by atoms with Gasteiger partial charge < -0.3 is 20.4 Å². The Kier molecular flexibility index (Phi) is 5.11. The third-order valence-corrected chi connectivity index (χ3v) is 3.44. The minimum Gasteiger partial charge on any atom is -0.374 e. The van der Waals surface area contributed by atoms with Crippen molar-refractivity contribution >= 4 is 11.6 Å². The summed E-state index contributed by atoms with van der Waals surface area (Å²) in [6.07, 6.45) is 1.69. The summed E-state index contributed by atoms with van der Waals surface area (Å²) in [5.74, 6) is 7.28. The monoisotopic (exact) mass is 280 g/mol. The molecule has 1 aromatic heterocycles. The fourth-order valence-electron chi connectivity index (χ4n) is 2.40. The highest BCUT2D eigenvalue weighted by molar-refractivity contribution is 5.58. The molecule has 7 nitrogen and oxygen atoms in total. The van der Waals surface area contributed by atoms with E-state index in [2.05, 4.69) is 46.5 Å². The number of nitrogens with two attached hydrogens (primary N) is 1. The molecule has 20 heavy (non-hydrogen) atoms. The molecule has 1 saturated heterocycles. The number of nitrogens with zero attached hydrogens (tertiary/aromatic N) is 3. The van der Waals surface area contributed by atoms with Crippen LogP contribution in [0.3, 0.4) is 0 Å². The molecule has 0 bridgehead atoms. The molecule has 0 saturated carbocycles. The zero-order valence-corrected chi connectivity index (χ0v) is 12.4. The van der Waals surface area contributed by atoms with E-state index in [-0.39, 0.29) is 12.0 Å². The average Bonchev–Trinajstić information content (AvgIpc) is 2.44. The smallest absolute Gasteiger partial charge is 0.148 e. The first kappa shape index (κ1) is 15.0. The molecular weight excluding hydrogens is 256 g/mol. The van der Waals surface area contributed by atoms with Crippen molar-refractivity contribution in [2.45, 2.75) is 25.9 Å². The van der Waals surface area contributed by atoms with Crippen LogP contribution < -0.4 is 16.6 Å². The second-order valence-corrected chi connectivity index (χ2v) is 5.42. The van der Waals surface area contributed by atoms with Crippen molar-refractivity contribution in [1.29, 1.82) is 0 Å². The van der Waals surface area contributed by atoms with Crippen LogP contribution in [0.15, 0.2) is 6.33 Å². The van der Waals surface area contributed by atoms with E-state index < -0.39 is 0 Å². The van der Waals surface area contributed by atoms with Crippen LogP contribution in [0, 0.1) is 0 Å². The highest BCUT2D eigenvalue weighted by Gasteiger charge is 2.19. The van der Waals surface area contributed by atoms with Gasteiger partial charge >= 0.3 is 0 Å². The van der Waals surface area contributed by atoms with Crippen LogP contribution in [0.2, 0.25) is 0 Å². The van der Waals surface area contributed by atoms with Crippen LogP contribution in [0.1, 0.15) is 25.3 Å². The zero-order valence-electron chi connectivity index (χ0n) is 12.4. The average molecular weight is 280 g/mol. The molecule has 0 amide bonds. The van der Waals surface area contributed by atoms with Crippen molar-refractivity contribution in [3.63, 3.8) is 0 Å². The molecule has 1 fully saturated rings. The van der Waals surface area contributed by atoms with Crippen molar-refractivity contribution in [3.05, 3.63) is 11.9 Å². The van der Waals surface area contributed by atoms with E-state index in [1.54, 1.807) is 0 Å². The SMILES string of the molecule is CC(C)c1c(NN)ncnc1NCC1CN(C)CCO1. The number of likely N-dealkylation sites (N-methyl/N-ethyl adjacent to an activating group) is 1. The van der Waals surface area contributed by atoms with E-state index in [9.17, 15) is 0 Å². The Balaban J connectivity index is 2.05. The second kappa shape index (κ2) is 6.83. The summed E-state index contributed by atoms with van der Waals surface area (Å²) in [6.45, 7) is 7.61. The fourth-order valence-corrected chi connectivity index (χ4v) is 2.40. The molecule has 1 aliphatic rings. The topological polar surface area (TPSA) is 88.3 Å². The molecule has 2 rings (SSSR count). The molecule has 0 aromatic carbocycles. The largest absolute Gasteiger partial charge is 0.374 e. The summed E-state index contributed by atoms with van der Waals surface area (Å²) in [6, 6.07) is 0. The zero-order chi connectivity index (χ0) is 14.5. The molecule has 0 radical (unpaired) electrons. The summed E-state index contributed by atoms with van der Waals surface area (Å²) in [4.78, 5) is 10.8. The third kappa shape index (κ3) is 3.56. The number of hydrazine groups is 1. The van der Waals surface area contributed by atoms with Crippen molar-refractivity contribution in [2.24, 2.45) is 5.84 Å². The molecule has 2 heterocycles. The van der Waals surface area contributed by atoms with Gasteiger partial charge in [-0.05, 0) is 13.0 Å². The molecular formula is C13H24N6O. The fraction of sp³-hybridized carbons (Fsp3) is 0.692. The van der Waals surface area contributed by atoms with Gasteiger partial charge in [-0.3, -0.25) is 0 Å². The lowest BCUT2D eigenvalue weighted by atomic mass is 10.0. The Morgan fingerprint density at radius 3 is 2.85 bits per heavy atom. The number of nitrogens with one attached hydrogen (secondary N) is 2. The third-order valence-electron chi connectivity index (χ3n) is 3.44. The maximum Gasteiger partial charge on any atom is 0.148 e. The van der Waals surface area contributed by atoms with Crippen molar-refractivity contribution in [3.8, 4) is 0 Å². The molecule has 0 aliphatic carbocycles. The van der Waals surface area contributed by atoms with Crippen LogP contribution in [0.5, 0.6) is 0 Å². The lowest BCUT2D eigenvalue weighted by molar-refractivity contribution is -0.0117. The first-order chi connectivity index (χ1) is 9.61. The van der Waals surface area contributed by atoms with Gasteiger partial charge in [-0.15, -0.1) is 0 Å². The minimum atomic E-state index is 0.179. The predicted molar refractivity (Wildman–Crippen MR) is 79.7 cm³/mol. The molecule has 0 spiro atoms. The van der Waals surface area contributed by atoms with Crippen molar-refractivity contribution in [2.75, 3.05) is 44.0 Å². The highest BCUT2D eigenvalue weighted by Crippen LogP contribution is 2.27. The van der Waals surface area contributed by atoms with Crippen LogP contribution in [-0.4, -0.2) is 54.3 Å². The van der Waals surface area contributed by atoms with Crippen LogP contribution in [-0.2, 0) is 4.74 Å². The van der Waals surface area contributed by atoms with E-state index in [0.717, 1.165) is 37.6 Å². The number of morpholine rings is 1. The Labute approximate surface area is 119 Å². The number of hydrogen-bond donors (Lipinski definition) is 3. The quantitative estimate of drug-likeness (QED) is 0.538. The lowest BCUT2D eigenvalue weighted by Gasteiger charge is -2.30. The van der Waals surface area contributed by atoms with E-state index in [1.165, 1.54) is 6.33 Å². The van der Waals surface area contributed by atoms with E-state index in [4.69, 9.17) is 10.6 Å². The summed E-state index contributed by atoms with van der Waals surface area (Å²) < 4.78 is 5.74. The number of ether oxygens (including phenoxy) is 1. The maximum absolute atomic E-state index is 5.74. The van der Waals surface area contributed by atoms with Gasteiger partial charge in [-0.2, -0.15) is 0 Å². The highest BCUT2D eigenvalue weighted by atomic mass is 16.5. The van der Waals surface area contributed by atoms with Gasteiger partial charge in [-0.25, -0.2) is 15.8 Å². The van der Waals surface area contributed by atoms with Gasteiger partial charge in [0, 0.05) is 25.2 Å². The van der Waals surface area contributed by atoms with Gasteiger partial charge in [0.05, 0.1) is 12.7 Å². The molecule has 1 unspecified atom stereocenters. The van der Waals surface area contributed by atoms with Gasteiger partial charge in [0.25, 0.3) is 0 Å². The predicted octanol–water partition coefficient (Wildman–Crippen LogP) is 0.628. The summed E-state index contributed by atoms with van der Waals surface area (Å²) in [5.41, 5.74) is 3.63. The van der Waals surface area contributed by atoms with Crippen LogP contribution in [0.4, 0.5) is 11.6 Å². The first-order valence-corrected chi connectivity index (χ1v) is 6.97. The summed E-state index contributed by atoms with van der Waals surface area (Å²) >= 11 is 0. The van der Waals surface area contributed by atoms with Crippen molar-refractivity contribution in [1.82, 2.24) is 14.9 Å². The van der Waals surface area contributed by atoms with Crippen LogP contribution >= 0.6 is 0 Å². The number of nitrogen functional groups attached to an aromatic ring is 1. The molecule has 4 N–H and O–H groups in total. The lowest BCUT2D eigenvalue weighted by Crippen LogP contribution is -2.43. The first-order valence-electron chi connectivity index (χ1n) is 6.97. The summed E-state index contributed by atoms with van der Waals surface area (Å²) in [5, 5.41) is 3.36. The van der Waals surface area contributed by atoms with Gasteiger partial charge in [0.2, 0.25) is 0 Å². The summed E-state index contributed by atoms with van der Waals surface area (Å²) in [7, 11) is 2.11. The standard InChI is InChI=1S/C13H24N6O/c1-9(2)11-12(16-8-17-13(11)18-14)15-6-10-7-19(3)4-5-20-10/h8-10H,4-7,14H2,1-3H3,(H2,15,16,17,18). The number of anilines is 2. The van der Waals surface area contributed by atoms with E-state index in [1.807, 2.05) is 0 Å². The number of aromatic nitrogens is 2. The van der Waals surface area contributed by atoms with Crippen LogP contribution in [0.25, 0.3) is 0 Å². The van der Waals surface area contributed by atoms with Crippen molar-refractivity contribution < 1.29 is 4.74 Å². The van der Waals surface area contributed by atoms with Gasteiger partial charge in [0.1, 0.15) is 18.0 Å². The van der Waals surface area contributed by atoms with E-state index >= 15 is 0 Å². The Hall–Kier alpha value is -1.44. The molecule has 1 aliphatic heterocycles. The molecule has 112 valence electrons. The normalized spacial score (nSPS) is 20.1. The van der Waals surface area contributed by atoms with E-state index in [0.29, 0.717) is 5.82 Å². The van der Waals surface area contributed by atoms with Gasteiger partial charge in [0.15, 0.2) is 0 Å². The maximum atomic E-state index is 5.74. The number of rotatable bonds is 5. The number of hydrogen-bond acceptors (Lipinski definition) is 7. The molecule has 1 atom stereocenters.